The minimum absolute atomic E-state index is 0.112. The Bertz CT molecular complexity index is 2460. The van der Waals surface area contributed by atoms with E-state index >= 15 is 0 Å². The molecule has 58 heavy (non-hydrogen) atoms. The van der Waals surface area contributed by atoms with Crippen LogP contribution in [-0.4, -0.2) is 103 Å². The first-order chi connectivity index (χ1) is 27.9. The first kappa shape index (κ1) is 38.5. The van der Waals surface area contributed by atoms with Crippen LogP contribution in [0.25, 0.3) is 55.5 Å². The number of amides is 4. The molecular formula is C42H50N10O6. The van der Waals surface area contributed by atoms with Crippen molar-refractivity contribution in [2.45, 2.75) is 77.5 Å². The maximum Gasteiger partial charge on any atom is 0.407 e. The van der Waals surface area contributed by atoms with E-state index in [0.29, 0.717) is 18.9 Å². The van der Waals surface area contributed by atoms with Gasteiger partial charge >= 0.3 is 12.2 Å². The van der Waals surface area contributed by atoms with Gasteiger partial charge in [0.1, 0.15) is 23.7 Å². The lowest BCUT2D eigenvalue weighted by atomic mass is 10.0. The number of H-pyrrole nitrogens is 4. The normalized spacial score (nSPS) is 18.1. The number of likely N-dealkylation sites (tertiary alicyclic amines) is 2. The third-order valence-corrected chi connectivity index (χ3v) is 11.5. The number of carbonyl (C=O) groups is 4. The number of hydrogen-bond donors (Lipinski definition) is 6. The van der Waals surface area contributed by atoms with Gasteiger partial charge in [-0.15, -0.1) is 0 Å². The van der Waals surface area contributed by atoms with Crippen LogP contribution in [-0.2, 0) is 19.1 Å². The summed E-state index contributed by atoms with van der Waals surface area (Å²) >= 11 is 0. The third-order valence-electron chi connectivity index (χ3n) is 11.5. The molecule has 2 saturated heterocycles. The zero-order valence-electron chi connectivity index (χ0n) is 33.6. The molecule has 16 heteroatoms. The standard InChI is InChI=1S/C42H50N10O6/c1-21(2)35(49-41(55)57-5)39(53)51-13-7-9-33(51)37-43-20-32(48-37)31-18-25-15-24-17-27(44-28(24)19-29(25)45-31)23-11-12-26-30(16-23)47-38(46-26)34-10-8-14-52(34)40(54)36(22(3)4)50-42(56)58-6/h11-12,15-22,33-36,44-45H,7-10,13-14H2,1-6H3,(H,43,48)(H,46,47)(H,49,55)(H,50,56). The lowest BCUT2D eigenvalue weighted by Gasteiger charge is -2.30. The molecule has 304 valence electrons. The lowest BCUT2D eigenvalue weighted by molar-refractivity contribution is -0.136. The highest BCUT2D eigenvalue weighted by Crippen LogP contribution is 2.36. The number of alkyl carbamates (subject to hydrolysis) is 2. The van der Waals surface area contributed by atoms with E-state index in [1.165, 1.54) is 14.2 Å². The van der Waals surface area contributed by atoms with Crippen molar-refractivity contribution in [1.29, 1.82) is 0 Å². The Morgan fingerprint density at radius 1 is 0.672 bits per heavy atom. The summed E-state index contributed by atoms with van der Waals surface area (Å²) in [6.45, 7) is 8.78. The molecule has 4 amide bonds. The van der Waals surface area contributed by atoms with Gasteiger partial charge in [-0.05, 0) is 73.9 Å². The molecule has 16 nitrogen and oxygen atoms in total. The molecule has 0 saturated carbocycles. The second-order valence-electron chi connectivity index (χ2n) is 16.0. The fourth-order valence-corrected chi connectivity index (χ4v) is 8.45. The van der Waals surface area contributed by atoms with Crippen LogP contribution in [0.2, 0.25) is 0 Å². The summed E-state index contributed by atoms with van der Waals surface area (Å²) < 4.78 is 9.54. The quantitative estimate of drug-likeness (QED) is 0.0882. The largest absolute Gasteiger partial charge is 0.453 e. The molecule has 4 atom stereocenters. The number of carbonyl (C=O) groups excluding carboxylic acids is 4. The van der Waals surface area contributed by atoms with Gasteiger partial charge < -0.3 is 49.8 Å². The molecule has 2 aromatic carbocycles. The van der Waals surface area contributed by atoms with Crippen LogP contribution in [0.3, 0.4) is 0 Å². The molecule has 4 aromatic heterocycles. The number of nitrogens with one attached hydrogen (secondary N) is 6. The molecule has 6 heterocycles. The number of imidazole rings is 2. The lowest BCUT2D eigenvalue weighted by Crippen LogP contribution is -2.51. The number of aromatic nitrogens is 6. The molecular weight excluding hydrogens is 741 g/mol. The second kappa shape index (κ2) is 15.6. The molecule has 6 N–H and O–H groups in total. The summed E-state index contributed by atoms with van der Waals surface area (Å²) in [5.74, 6) is 0.922. The Balaban J connectivity index is 0.995. The van der Waals surface area contributed by atoms with Crippen LogP contribution in [0.4, 0.5) is 9.59 Å². The van der Waals surface area contributed by atoms with Gasteiger partial charge in [0.15, 0.2) is 0 Å². The van der Waals surface area contributed by atoms with E-state index in [-0.39, 0.29) is 35.7 Å². The molecule has 0 radical (unpaired) electrons. The maximum absolute atomic E-state index is 13.6. The number of nitrogens with zero attached hydrogens (tertiary/aromatic N) is 4. The molecule has 0 spiro atoms. The van der Waals surface area contributed by atoms with E-state index in [9.17, 15) is 19.2 Å². The van der Waals surface area contributed by atoms with Gasteiger partial charge in [-0.2, -0.15) is 0 Å². The summed E-state index contributed by atoms with van der Waals surface area (Å²) in [4.78, 5) is 78.5. The van der Waals surface area contributed by atoms with Crippen molar-refractivity contribution in [1.82, 2.24) is 50.3 Å². The Kier molecular flexibility index (Phi) is 10.3. The molecule has 0 bridgehead atoms. The van der Waals surface area contributed by atoms with Crippen molar-refractivity contribution in [2.75, 3.05) is 27.3 Å². The van der Waals surface area contributed by atoms with Crippen LogP contribution in [0.15, 0.2) is 48.7 Å². The first-order valence-electron chi connectivity index (χ1n) is 19.9. The molecule has 2 fully saturated rings. The van der Waals surface area contributed by atoms with E-state index in [1.54, 1.807) is 11.1 Å². The van der Waals surface area contributed by atoms with Gasteiger partial charge in [0, 0.05) is 46.2 Å². The number of benzene rings is 2. The predicted molar refractivity (Wildman–Crippen MR) is 219 cm³/mol. The Morgan fingerprint density at radius 3 is 1.83 bits per heavy atom. The smallest absolute Gasteiger partial charge is 0.407 e. The second-order valence-corrected chi connectivity index (χ2v) is 16.0. The molecule has 2 aliphatic heterocycles. The van der Waals surface area contributed by atoms with E-state index in [0.717, 1.165) is 87.0 Å². The van der Waals surface area contributed by atoms with E-state index in [4.69, 9.17) is 19.4 Å². The van der Waals surface area contributed by atoms with Crippen LogP contribution < -0.4 is 10.6 Å². The van der Waals surface area contributed by atoms with Crippen LogP contribution >= 0.6 is 0 Å². The Hall–Kier alpha value is -6.32. The molecule has 0 aliphatic carbocycles. The number of hydrogen-bond acceptors (Lipinski definition) is 8. The summed E-state index contributed by atoms with van der Waals surface area (Å²) in [7, 11) is 2.58. The van der Waals surface area contributed by atoms with Crippen molar-refractivity contribution in [2.24, 2.45) is 11.8 Å². The molecule has 8 rings (SSSR count). The fourth-order valence-electron chi connectivity index (χ4n) is 8.45. The first-order valence-corrected chi connectivity index (χ1v) is 19.9. The zero-order valence-corrected chi connectivity index (χ0v) is 33.6. The van der Waals surface area contributed by atoms with Gasteiger partial charge in [0.25, 0.3) is 0 Å². The van der Waals surface area contributed by atoms with Gasteiger partial charge in [-0.1, -0.05) is 33.8 Å². The minimum Gasteiger partial charge on any atom is -0.453 e. The van der Waals surface area contributed by atoms with E-state index in [1.807, 2.05) is 44.7 Å². The minimum atomic E-state index is -0.697. The predicted octanol–water partition coefficient (Wildman–Crippen LogP) is 6.67. The van der Waals surface area contributed by atoms with Crippen molar-refractivity contribution >= 4 is 56.8 Å². The van der Waals surface area contributed by atoms with E-state index < -0.39 is 24.3 Å². The number of methoxy groups -OCH3 is 2. The van der Waals surface area contributed by atoms with Crippen molar-refractivity contribution in [3.05, 3.63) is 60.3 Å². The average Bonchev–Trinajstić information content (AvgIpc) is 4.06. The summed E-state index contributed by atoms with van der Waals surface area (Å²) in [5, 5.41) is 7.51. The summed E-state index contributed by atoms with van der Waals surface area (Å²) in [5.41, 5.74) is 7.28. The van der Waals surface area contributed by atoms with Crippen LogP contribution in [0.1, 0.15) is 77.1 Å². The number of ether oxygens (including phenoxy) is 2. The van der Waals surface area contributed by atoms with Crippen LogP contribution in [0, 0.1) is 11.8 Å². The summed E-state index contributed by atoms with van der Waals surface area (Å²) in [6, 6.07) is 12.7. The number of aromatic amines is 4. The SMILES string of the molecule is COC(=O)NC(C(=O)N1CCCC1c1ncc(-c2cc3cc4cc(-c5ccc6nc(C7CCCN7C(=O)C(NC(=O)OC)C(C)C)[nH]c6c5)[nH]c4cc3[nH]2)[nH]1)C(C)C. The number of rotatable bonds is 10. The Labute approximate surface area is 334 Å². The van der Waals surface area contributed by atoms with Gasteiger partial charge in [0.05, 0.1) is 54.9 Å². The summed E-state index contributed by atoms with van der Waals surface area (Å²) in [6.07, 6.45) is 3.76. The van der Waals surface area contributed by atoms with Gasteiger partial charge in [0.2, 0.25) is 11.8 Å². The average molecular weight is 791 g/mol. The highest BCUT2D eigenvalue weighted by atomic mass is 16.5. The van der Waals surface area contributed by atoms with Gasteiger partial charge in [-0.3, -0.25) is 9.59 Å². The van der Waals surface area contributed by atoms with Crippen molar-refractivity contribution in [3.63, 3.8) is 0 Å². The molecule has 6 aromatic rings. The van der Waals surface area contributed by atoms with Crippen molar-refractivity contribution in [3.8, 4) is 22.6 Å². The highest BCUT2D eigenvalue weighted by molar-refractivity contribution is 6.00. The monoisotopic (exact) mass is 790 g/mol. The Morgan fingerprint density at radius 2 is 1.24 bits per heavy atom. The third kappa shape index (κ3) is 7.22. The van der Waals surface area contributed by atoms with Gasteiger partial charge in [-0.25, -0.2) is 19.6 Å². The van der Waals surface area contributed by atoms with Crippen LogP contribution in [0.5, 0.6) is 0 Å². The van der Waals surface area contributed by atoms with E-state index in [2.05, 4.69) is 60.9 Å². The highest BCUT2D eigenvalue weighted by Gasteiger charge is 2.39. The van der Waals surface area contributed by atoms with Crippen molar-refractivity contribution < 1.29 is 28.7 Å². The maximum atomic E-state index is 13.6. The fraction of sp³-hybridized carbons (Fsp3) is 0.429. The molecule has 2 aliphatic rings. The zero-order chi connectivity index (χ0) is 40.8. The molecule has 4 unspecified atom stereocenters. The number of fused-ring (bicyclic) bond motifs is 3. The topological polar surface area (TPSA) is 206 Å².